The Kier molecular flexibility index (Phi) is 6.40. The minimum atomic E-state index is -1.57. The molecule has 0 aliphatic heterocycles. The van der Waals surface area contributed by atoms with E-state index in [1.54, 1.807) is 35.6 Å². The number of hydrogen-bond donors (Lipinski definition) is 1. The smallest absolute Gasteiger partial charge is 0.290 e. The Morgan fingerprint density at radius 3 is 2.50 bits per heavy atom. The van der Waals surface area contributed by atoms with Crippen molar-refractivity contribution in [3.8, 4) is 11.5 Å². The molecular formula is C19H25NO3S. The standard InChI is InChI=1S/C19H25NO3S/c1-4-13-19(2,16-9-8-10-17(21)14-16)15-20(3)24(22)23-18-11-6-5-7-12-18/h5-12,14,21H,4,13,15H2,1-3H3. The highest BCUT2D eigenvalue weighted by molar-refractivity contribution is 7.78. The predicted molar refractivity (Wildman–Crippen MR) is 98.2 cm³/mol. The average Bonchev–Trinajstić information content (AvgIpc) is 2.56. The first kappa shape index (κ1) is 18.5. The first-order valence-corrected chi connectivity index (χ1v) is 9.14. The molecule has 2 unspecified atom stereocenters. The molecule has 2 aromatic rings. The van der Waals surface area contributed by atoms with Crippen LogP contribution in [0.5, 0.6) is 11.5 Å². The van der Waals surface area contributed by atoms with Gasteiger partial charge in [0.15, 0.2) is 0 Å². The lowest BCUT2D eigenvalue weighted by molar-refractivity contribution is 0.325. The molecule has 2 rings (SSSR count). The van der Waals surface area contributed by atoms with Crippen LogP contribution in [0.15, 0.2) is 54.6 Å². The van der Waals surface area contributed by atoms with E-state index in [0.29, 0.717) is 12.3 Å². The lowest BCUT2D eigenvalue weighted by Crippen LogP contribution is -2.39. The zero-order valence-electron chi connectivity index (χ0n) is 14.4. The first-order valence-electron chi connectivity index (χ1n) is 8.10. The van der Waals surface area contributed by atoms with Crippen molar-refractivity contribution in [3.05, 3.63) is 60.2 Å². The van der Waals surface area contributed by atoms with Crippen molar-refractivity contribution in [2.24, 2.45) is 0 Å². The van der Waals surface area contributed by atoms with Crippen LogP contribution in [0.2, 0.25) is 0 Å². The van der Waals surface area contributed by atoms with Crippen molar-refractivity contribution in [1.82, 2.24) is 4.31 Å². The van der Waals surface area contributed by atoms with Gasteiger partial charge in [-0.2, -0.15) is 8.51 Å². The van der Waals surface area contributed by atoms with Gasteiger partial charge < -0.3 is 9.29 Å². The Morgan fingerprint density at radius 2 is 1.88 bits per heavy atom. The molecule has 0 aliphatic rings. The van der Waals surface area contributed by atoms with Gasteiger partial charge in [-0.25, -0.2) is 0 Å². The van der Waals surface area contributed by atoms with E-state index < -0.39 is 11.3 Å². The zero-order chi connectivity index (χ0) is 17.6. The zero-order valence-corrected chi connectivity index (χ0v) is 15.3. The number of nitrogens with zero attached hydrogens (tertiary/aromatic N) is 1. The topological polar surface area (TPSA) is 49.8 Å². The minimum absolute atomic E-state index is 0.224. The van der Waals surface area contributed by atoms with Crippen LogP contribution < -0.4 is 4.18 Å². The largest absolute Gasteiger partial charge is 0.508 e. The number of benzene rings is 2. The Hall–Kier alpha value is -1.85. The molecule has 0 saturated heterocycles. The molecule has 4 nitrogen and oxygen atoms in total. The SMILES string of the molecule is CCCC(C)(CN(C)S(=O)Oc1ccccc1)c1cccc(O)c1. The molecule has 2 atom stereocenters. The van der Waals surface area contributed by atoms with E-state index in [9.17, 15) is 9.32 Å². The van der Waals surface area contributed by atoms with Gasteiger partial charge in [-0.05, 0) is 36.2 Å². The fraction of sp³-hybridized carbons (Fsp3) is 0.368. The second kappa shape index (κ2) is 8.31. The molecule has 130 valence electrons. The quantitative estimate of drug-likeness (QED) is 0.784. The molecule has 0 spiro atoms. The van der Waals surface area contributed by atoms with E-state index in [1.807, 2.05) is 30.3 Å². The number of hydrogen-bond acceptors (Lipinski definition) is 3. The van der Waals surface area contributed by atoms with Crippen LogP contribution in [0, 0.1) is 0 Å². The number of phenolic OH excluding ortho intramolecular Hbond substituents is 1. The summed E-state index contributed by atoms with van der Waals surface area (Å²) < 4.78 is 19.7. The number of aromatic hydroxyl groups is 1. The molecule has 2 aromatic carbocycles. The fourth-order valence-electron chi connectivity index (χ4n) is 2.91. The normalized spacial score (nSPS) is 15.0. The molecule has 0 saturated carbocycles. The molecule has 0 bridgehead atoms. The molecule has 0 amide bonds. The summed E-state index contributed by atoms with van der Waals surface area (Å²) >= 11 is -1.57. The summed E-state index contributed by atoms with van der Waals surface area (Å²) in [6.45, 7) is 4.81. The highest BCUT2D eigenvalue weighted by Crippen LogP contribution is 2.32. The first-order chi connectivity index (χ1) is 11.4. The van der Waals surface area contributed by atoms with E-state index in [2.05, 4.69) is 13.8 Å². The summed E-state index contributed by atoms with van der Waals surface area (Å²) in [5.41, 5.74) is 0.811. The summed E-state index contributed by atoms with van der Waals surface area (Å²) in [6.07, 6.45) is 1.91. The Labute approximate surface area is 146 Å². The Morgan fingerprint density at radius 1 is 1.17 bits per heavy atom. The van der Waals surface area contributed by atoms with E-state index >= 15 is 0 Å². The van der Waals surface area contributed by atoms with Crippen LogP contribution in [0.1, 0.15) is 32.3 Å². The summed E-state index contributed by atoms with van der Waals surface area (Å²) in [5.74, 6) is 0.830. The van der Waals surface area contributed by atoms with Crippen LogP contribution >= 0.6 is 0 Å². The Bertz CT molecular complexity index is 677. The third kappa shape index (κ3) is 4.82. The van der Waals surface area contributed by atoms with Crippen molar-refractivity contribution in [3.63, 3.8) is 0 Å². The maximum Gasteiger partial charge on any atom is 0.290 e. The van der Waals surface area contributed by atoms with Crippen molar-refractivity contribution < 1.29 is 13.5 Å². The van der Waals surface area contributed by atoms with Gasteiger partial charge in [0.1, 0.15) is 11.5 Å². The number of rotatable bonds is 8. The molecule has 24 heavy (non-hydrogen) atoms. The van der Waals surface area contributed by atoms with Gasteiger partial charge in [-0.3, -0.25) is 0 Å². The third-order valence-corrected chi connectivity index (χ3v) is 5.05. The maximum atomic E-state index is 12.5. The summed E-state index contributed by atoms with van der Waals surface area (Å²) in [4.78, 5) is 0. The van der Waals surface area contributed by atoms with Gasteiger partial charge in [-0.15, -0.1) is 0 Å². The number of para-hydroxylation sites is 1. The molecule has 1 N–H and O–H groups in total. The van der Waals surface area contributed by atoms with Gasteiger partial charge >= 0.3 is 0 Å². The van der Waals surface area contributed by atoms with Crippen LogP contribution in [-0.2, 0) is 16.7 Å². The van der Waals surface area contributed by atoms with Crippen LogP contribution in [-0.4, -0.2) is 27.2 Å². The monoisotopic (exact) mass is 347 g/mol. The lowest BCUT2D eigenvalue weighted by Gasteiger charge is -2.33. The van der Waals surface area contributed by atoms with E-state index in [0.717, 1.165) is 18.4 Å². The van der Waals surface area contributed by atoms with E-state index in [-0.39, 0.29) is 11.2 Å². The molecular weight excluding hydrogens is 322 g/mol. The van der Waals surface area contributed by atoms with Gasteiger partial charge in [0.25, 0.3) is 11.3 Å². The van der Waals surface area contributed by atoms with Gasteiger partial charge in [0.05, 0.1) is 0 Å². The highest BCUT2D eigenvalue weighted by atomic mass is 32.2. The van der Waals surface area contributed by atoms with Crippen molar-refractivity contribution >= 4 is 11.3 Å². The molecule has 0 fully saturated rings. The van der Waals surface area contributed by atoms with Crippen molar-refractivity contribution in [2.75, 3.05) is 13.6 Å². The molecule has 0 aliphatic carbocycles. The highest BCUT2D eigenvalue weighted by Gasteiger charge is 2.30. The summed E-state index contributed by atoms with van der Waals surface area (Å²) in [7, 11) is 1.79. The van der Waals surface area contributed by atoms with Crippen LogP contribution in [0.4, 0.5) is 0 Å². The number of likely N-dealkylation sites (N-methyl/N-ethyl adjacent to an activating group) is 1. The minimum Gasteiger partial charge on any atom is -0.508 e. The predicted octanol–water partition coefficient (Wildman–Crippen LogP) is 4.04. The van der Waals surface area contributed by atoms with E-state index in [1.165, 1.54) is 0 Å². The third-order valence-electron chi connectivity index (χ3n) is 4.08. The molecule has 5 heteroatoms. The summed E-state index contributed by atoms with van der Waals surface area (Å²) in [6, 6.07) is 16.4. The van der Waals surface area contributed by atoms with Crippen molar-refractivity contribution in [1.29, 1.82) is 0 Å². The molecule has 0 aromatic heterocycles. The maximum absolute atomic E-state index is 12.5. The van der Waals surface area contributed by atoms with Gasteiger partial charge in [-0.1, -0.05) is 50.6 Å². The Balaban J connectivity index is 2.13. The second-order valence-electron chi connectivity index (χ2n) is 6.26. The van der Waals surface area contributed by atoms with Gasteiger partial charge in [0, 0.05) is 19.0 Å². The van der Waals surface area contributed by atoms with Crippen molar-refractivity contribution in [2.45, 2.75) is 32.1 Å². The lowest BCUT2D eigenvalue weighted by atomic mass is 9.78. The van der Waals surface area contributed by atoms with E-state index in [4.69, 9.17) is 4.18 Å². The van der Waals surface area contributed by atoms with Gasteiger partial charge in [0.2, 0.25) is 0 Å². The molecule has 0 heterocycles. The number of phenols is 1. The van der Waals surface area contributed by atoms with Crippen LogP contribution in [0.3, 0.4) is 0 Å². The molecule has 0 radical (unpaired) electrons. The fourth-order valence-corrected chi connectivity index (χ4v) is 3.71. The summed E-state index contributed by atoms with van der Waals surface area (Å²) in [5, 5.41) is 9.78. The second-order valence-corrected chi connectivity index (χ2v) is 7.48. The van der Waals surface area contributed by atoms with Crippen LogP contribution in [0.25, 0.3) is 0 Å². The average molecular weight is 347 g/mol.